The lowest BCUT2D eigenvalue weighted by atomic mass is 10.0. The number of hydrogen-bond acceptors (Lipinski definition) is 8. The Balaban J connectivity index is 1.48. The number of rotatable bonds is 8. The Morgan fingerprint density at radius 3 is 2.56 bits per heavy atom. The molecule has 1 aromatic carbocycles. The first-order valence-electron chi connectivity index (χ1n) is 10.3. The minimum atomic E-state index is -0.846. The number of benzene rings is 1. The molecule has 0 bridgehead atoms. The Kier molecular flexibility index (Phi) is 8.40. The van der Waals surface area contributed by atoms with Crippen molar-refractivity contribution in [2.24, 2.45) is 5.92 Å². The summed E-state index contributed by atoms with van der Waals surface area (Å²) in [5.41, 5.74) is 4.94. The predicted octanol–water partition coefficient (Wildman–Crippen LogP) is 0.961. The molecule has 3 rings (SSSR count). The van der Waals surface area contributed by atoms with E-state index in [9.17, 15) is 14.4 Å². The van der Waals surface area contributed by atoms with Crippen molar-refractivity contribution in [2.45, 2.75) is 19.9 Å². The summed E-state index contributed by atoms with van der Waals surface area (Å²) in [4.78, 5) is 43.6. The maximum Gasteiger partial charge on any atom is 0.289 e. The molecule has 0 aliphatic carbocycles. The third-order valence-corrected chi connectivity index (χ3v) is 5.59. The molecule has 1 fully saturated rings. The van der Waals surface area contributed by atoms with Gasteiger partial charge in [0.25, 0.3) is 17.7 Å². The van der Waals surface area contributed by atoms with E-state index in [1.54, 1.807) is 43.5 Å². The number of para-hydroxylation sites is 1. The van der Waals surface area contributed by atoms with Gasteiger partial charge in [-0.05, 0) is 18.1 Å². The highest BCUT2D eigenvalue weighted by Gasteiger charge is 2.25. The predicted molar refractivity (Wildman–Crippen MR) is 119 cm³/mol. The van der Waals surface area contributed by atoms with E-state index in [1.165, 1.54) is 11.3 Å². The number of morpholine rings is 1. The van der Waals surface area contributed by atoms with Gasteiger partial charge in [-0.15, -0.1) is 11.3 Å². The molecule has 172 valence electrons. The molecule has 1 aliphatic rings. The zero-order chi connectivity index (χ0) is 22.9. The summed E-state index contributed by atoms with van der Waals surface area (Å²) in [7, 11) is 0. The van der Waals surface area contributed by atoms with Gasteiger partial charge in [0.2, 0.25) is 0 Å². The summed E-state index contributed by atoms with van der Waals surface area (Å²) >= 11 is 1.36. The molecule has 0 saturated carbocycles. The van der Waals surface area contributed by atoms with Crippen molar-refractivity contribution < 1.29 is 23.9 Å². The van der Waals surface area contributed by atoms with Crippen LogP contribution in [0.3, 0.4) is 0 Å². The zero-order valence-corrected chi connectivity index (χ0v) is 18.8. The van der Waals surface area contributed by atoms with Crippen LogP contribution < -0.4 is 25.8 Å². The number of thiazole rings is 1. The van der Waals surface area contributed by atoms with Gasteiger partial charge < -0.3 is 19.7 Å². The number of nitrogens with one attached hydrogen (secondary N) is 3. The summed E-state index contributed by atoms with van der Waals surface area (Å²) in [5, 5.41) is 5.00. The summed E-state index contributed by atoms with van der Waals surface area (Å²) in [6.07, 6.45) is 0. The van der Waals surface area contributed by atoms with Crippen molar-refractivity contribution in [1.29, 1.82) is 0 Å². The highest BCUT2D eigenvalue weighted by molar-refractivity contribution is 7.13. The van der Waals surface area contributed by atoms with Crippen LogP contribution in [-0.2, 0) is 14.3 Å². The normalized spacial score (nSPS) is 14.5. The quantitative estimate of drug-likeness (QED) is 0.501. The molecule has 2 aromatic rings. The molecule has 2 heterocycles. The first-order valence-corrected chi connectivity index (χ1v) is 11.2. The Morgan fingerprint density at radius 1 is 1.16 bits per heavy atom. The number of hydrazine groups is 1. The lowest BCUT2D eigenvalue weighted by Crippen LogP contribution is -2.55. The van der Waals surface area contributed by atoms with Crippen LogP contribution in [0.1, 0.15) is 24.3 Å². The summed E-state index contributed by atoms with van der Waals surface area (Å²) < 4.78 is 10.7. The van der Waals surface area contributed by atoms with Crippen LogP contribution >= 0.6 is 11.3 Å². The van der Waals surface area contributed by atoms with E-state index < -0.39 is 23.8 Å². The Bertz CT molecular complexity index is 914. The molecule has 32 heavy (non-hydrogen) atoms. The summed E-state index contributed by atoms with van der Waals surface area (Å²) in [6.45, 7) is 6.03. The minimum absolute atomic E-state index is 0.207. The molecule has 0 radical (unpaired) electrons. The third-order valence-electron chi connectivity index (χ3n) is 4.68. The first-order chi connectivity index (χ1) is 15.4. The van der Waals surface area contributed by atoms with Crippen LogP contribution in [0.5, 0.6) is 5.75 Å². The van der Waals surface area contributed by atoms with Gasteiger partial charge in [0.1, 0.15) is 17.5 Å². The number of carbonyl (C=O) groups is 3. The van der Waals surface area contributed by atoms with Gasteiger partial charge in [0.15, 0.2) is 11.7 Å². The van der Waals surface area contributed by atoms with Gasteiger partial charge in [-0.1, -0.05) is 32.0 Å². The molecule has 1 saturated heterocycles. The molecule has 1 atom stereocenters. The van der Waals surface area contributed by atoms with E-state index in [4.69, 9.17) is 9.47 Å². The fraction of sp³-hybridized carbons (Fsp3) is 0.429. The second kappa shape index (κ2) is 11.4. The van der Waals surface area contributed by atoms with E-state index in [0.717, 1.165) is 18.2 Å². The number of nitrogens with zero attached hydrogens (tertiary/aromatic N) is 2. The third kappa shape index (κ3) is 6.66. The van der Waals surface area contributed by atoms with Crippen LogP contribution in [0.15, 0.2) is 35.7 Å². The molecule has 3 amide bonds. The van der Waals surface area contributed by atoms with E-state index >= 15 is 0 Å². The van der Waals surface area contributed by atoms with Crippen LogP contribution in [0.2, 0.25) is 0 Å². The standard InChI is InChI=1S/C21H27N5O5S/c1-14(2)18(23-17(27)12-31-15-6-4-3-5-7-15)20(29)25-24-19(28)16-13-32-21(22-16)26-8-10-30-11-9-26/h3-7,13-14,18H,8-12H2,1-2H3,(H,23,27)(H,24,28)(H,25,29)/t18-/m0/s1. The average Bonchev–Trinajstić information content (AvgIpc) is 3.31. The second-order valence-corrected chi connectivity index (χ2v) is 8.29. The van der Waals surface area contributed by atoms with Crippen LogP contribution in [0.4, 0.5) is 5.13 Å². The summed E-state index contributed by atoms with van der Waals surface area (Å²) in [6, 6.07) is 8.06. The second-order valence-electron chi connectivity index (χ2n) is 7.45. The molecule has 3 N–H and O–H groups in total. The van der Waals surface area contributed by atoms with Crippen molar-refractivity contribution in [2.75, 3.05) is 37.8 Å². The largest absolute Gasteiger partial charge is 0.484 e. The summed E-state index contributed by atoms with van der Waals surface area (Å²) in [5.74, 6) is -1.16. The van der Waals surface area contributed by atoms with E-state index in [0.29, 0.717) is 19.0 Å². The van der Waals surface area contributed by atoms with Gasteiger partial charge in [0, 0.05) is 18.5 Å². The van der Waals surface area contributed by atoms with Crippen LogP contribution in [0.25, 0.3) is 0 Å². The Morgan fingerprint density at radius 2 is 1.88 bits per heavy atom. The molecule has 10 nitrogen and oxygen atoms in total. The van der Waals surface area contributed by atoms with Crippen molar-refractivity contribution in [3.05, 3.63) is 41.4 Å². The molecule has 11 heteroatoms. The highest BCUT2D eigenvalue weighted by atomic mass is 32.1. The Hall–Kier alpha value is -3.18. The molecular formula is C21H27N5O5S. The number of ether oxygens (including phenoxy) is 2. The number of anilines is 1. The van der Waals surface area contributed by atoms with Crippen molar-refractivity contribution in [3.63, 3.8) is 0 Å². The molecule has 1 aromatic heterocycles. The van der Waals surface area contributed by atoms with Gasteiger partial charge >= 0.3 is 0 Å². The SMILES string of the molecule is CC(C)[C@H](NC(=O)COc1ccccc1)C(=O)NNC(=O)c1csc(N2CCOCC2)n1. The van der Waals surface area contributed by atoms with E-state index in [-0.39, 0.29) is 18.2 Å². The van der Waals surface area contributed by atoms with Gasteiger partial charge in [-0.2, -0.15) is 0 Å². The molecular weight excluding hydrogens is 434 g/mol. The lowest BCUT2D eigenvalue weighted by molar-refractivity contribution is -0.131. The monoisotopic (exact) mass is 461 g/mol. The van der Waals surface area contributed by atoms with Crippen molar-refractivity contribution >= 4 is 34.2 Å². The van der Waals surface area contributed by atoms with Crippen LogP contribution in [0, 0.1) is 5.92 Å². The molecule has 1 aliphatic heterocycles. The fourth-order valence-corrected chi connectivity index (χ4v) is 3.80. The fourth-order valence-electron chi connectivity index (χ4n) is 2.94. The number of aromatic nitrogens is 1. The maximum atomic E-state index is 12.6. The van der Waals surface area contributed by atoms with Gasteiger partial charge in [-0.25, -0.2) is 4.98 Å². The number of hydrogen-bond donors (Lipinski definition) is 3. The topological polar surface area (TPSA) is 122 Å². The zero-order valence-electron chi connectivity index (χ0n) is 18.0. The number of amides is 3. The van der Waals surface area contributed by atoms with E-state index in [2.05, 4.69) is 21.2 Å². The van der Waals surface area contributed by atoms with E-state index in [1.807, 2.05) is 11.0 Å². The number of carbonyl (C=O) groups excluding carboxylic acids is 3. The van der Waals surface area contributed by atoms with Crippen molar-refractivity contribution in [1.82, 2.24) is 21.2 Å². The van der Waals surface area contributed by atoms with Gasteiger partial charge in [0.05, 0.1) is 13.2 Å². The van der Waals surface area contributed by atoms with Gasteiger partial charge in [-0.3, -0.25) is 25.2 Å². The molecule has 0 unspecified atom stereocenters. The Labute approximate surface area is 190 Å². The molecule has 0 spiro atoms. The first kappa shape index (κ1) is 23.5. The van der Waals surface area contributed by atoms with Crippen molar-refractivity contribution in [3.8, 4) is 5.75 Å². The highest BCUT2D eigenvalue weighted by Crippen LogP contribution is 2.21. The lowest BCUT2D eigenvalue weighted by Gasteiger charge is -2.25. The minimum Gasteiger partial charge on any atom is -0.484 e. The average molecular weight is 462 g/mol. The smallest absolute Gasteiger partial charge is 0.289 e. The maximum absolute atomic E-state index is 12.6. The van der Waals surface area contributed by atoms with Crippen LogP contribution in [-0.4, -0.2) is 61.7 Å².